The van der Waals surface area contributed by atoms with Crippen molar-refractivity contribution in [2.75, 3.05) is 21.3 Å². The number of hydrogen-bond acceptors (Lipinski definition) is 6. The summed E-state index contributed by atoms with van der Waals surface area (Å²) in [5.41, 5.74) is 7.51. The van der Waals surface area contributed by atoms with E-state index in [1.54, 1.807) is 21.3 Å². The molecule has 1 aromatic rings. The molecule has 1 unspecified atom stereocenters. The first kappa shape index (κ1) is 15.2. The lowest BCUT2D eigenvalue weighted by molar-refractivity contribution is 0.324. The molecule has 0 saturated carbocycles. The molecule has 0 fully saturated rings. The van der Waals surface area contributed by atoms with Gasteiger partial charge in [0.1, 0.15) is 5.84 Å². The van der Waals surface area contributed by atoms with Crippen molar-refractivity contribution in [2.24, 2.45) is 21.9 Å². The van der Waals surface area contributed by atoms with Crippen LogP contribution in [0, 0.1) is 5.92 Å². The molecule has 0 aliphatic carbocycles. The van der Waals surface area contributed by atoms with E-state index in [4.69, 9.17) is 19.9 Å². The molecule has 1 aliphatic heterocycles. The minimum absolute atomic E-state index is 0.217. The van der Waals surface area contributed by atoms with Gasteiger partial charge in [0, 0.05) is 17.9 Å². The second-order valence-corrected chi connectivity index (χ2v) is 4.77. The highest BCUT2D eigenvalue weighted by Gasteiger charge is 2.26. The summed E-state index contributed by atoms with van der Waals surface area (Å²) in [6.07, 6.45) is 1.62. The van der Waals surface area contributed by atoms with E-state index < -0.39 is 0 Å². The van der Waals surface area contributed by atoms with Crippen LogP contribution in [-0.4, -0.2) is 32.9 Å². The number of benzene rings is 1. The second kappa shape index (κ2) is 6.47. The standard InChI is InChI=1S/C15H21N3O3/c1-5-9-8-12(16)17-18-13(9)10-6-7-11(19-2)15(21-4)14(10)20-3/h6-7,9H,5,8H2,1-4H3,(H2,16,17). The van der Waals surface area contributed by atoms with E-state index in [0.29, 0.717) is 29.5 Å². The van der Waals surface area contributed by atoms with Crippen LogP contribution in [0.4, 0.5) is 0 Å². The monoisotopic (exact) mass is 291 g/mol. The molecule has 0 bridgehead atoms. The van der Waals surface area contributed by atoms with Gasteiger partial charge in [-0.05, 0) is 18.6 Å². The van der Waals surface area contributed by atoms with Crippen molar-refractivity contribution >= 4 is 11.5 Å². The van der Waals surface area contributed by atoms with Gasteiger partial charge in [-0.2, -0.15) is 5.10 Å². The maximum atomic E-state index is 5.78. The van der Waals surface area contributed by atoms with Crippen molar-refractivity contribution in [1.29, 1.82) is 0 Å². The van der Waals surface area contributed by atoms with Gasteiger partial charge < -0.3 is 19.9 Å². The van der Waals surface area contributed by atoms with E-state index in [0.717, 1.165) is 17.7 Å². The highest BCUT2D eigenvalue weighted by atomic mass is 16.5. The average molecular weight is 291 g/mol. The van der Waals surface area contributed by atoms with Crippen LogP contribution >= 0.6 is 0 Å². The summed E-state index contributed by atoms with van der Waals surface area (Å²) in [6.45, 7) is 2.10. The predicted octanol–water partition coefficient (Wildman–Crippen LogP) is 2.20. The van der Waals surface area contributed by atoms with Crippen LogP contribution < -0.4 is 19.9 Å². The molecule has 0 aromatic heterocycles. The van der Waals surface area contributed by atoms with E-state index in [2.05, 4.69) is 17.1 Å². The van der Waals surface area contributed by atoms with Gasteiger partial charge in [-0.3, -0.25) is 0 Å². The van der Waals surface area contributed by atoms with Gasteiger partial charge in [0.15, 0.2) is 11.5 Å². The van der Waals surface area contributed by atoms with Crippen LogP contribution in [0.25, 0.3) is 0 Å². The molecule has 0 radical (unpaired) electrons. The maximum Gasteiger partial charge on any atom is 0.203 e. The van der Waals surface area contributed by atoms with Crippen LogP contribution in [0.15, 0.2) is 22.3 Å². The Morgan fingerprint density at radius 2 is 1.81 bits per heavy atom. The van der Waals surface area contributed by atoms with Gasteiger partial charge >= 0.3 is 0 Å². The summed E-state index contributed by atoms with van der Waals surface area (Å²) in [4.78, 5) is 0. The number of ether oxygens (including phenoxy) is 3. The van der Waals surface area contributed by atoms with Gasteiger partial charge in [0.2, 0.25) is 5.75 Å². The lowest BCUT2D eigenvalue weighted by atomic mass is 9.89. The topological polar surface area (TPSA) is 78.4 Å². The normalized spacial score (nSPS) is 17.8. The Hall–Kier alpha value is -2.24. The van der Waals surface area contributed by atoms with Crippen molar-refractivity contribution < 1.29 is 14.2 Å². The average Bonchev–Trinajstić information content (AvgIpc) is 2.53. The van der Waals surface area contributed by atoms with E-state index in [1.807, 2.05) is 12.1 Å². The highest BCUT2D eigenvalue weighted by Crippen LogP contribution is 2.41. The molecule has 2 N–H and O–H groups in total. The summed E-state index contributed by atoms with van der Waals surface area (Å²) in [6, 6.07) is 3.76. The molecule has 1 aromatic carbocycles. The number of nitrogens with zero attached hydrogens (tertiary/aromatic N) is 2. The Balaban J connectivity index is 2.58. The third-order valence-corrected chi connectivity index (χ3v) is 3.60. The first-order valence-corrected chi connectivity index (χ1v) is 6.85. The van der Waals surface area contributed by atoms with Crippen molar-refractivity contribution in [2.45, 2.75) is 19.8 Å². The van der Waals surface area contributed by atoms with E-state index in [-0.39, 0.29) is 5.92 Å². The Morgan fingerprint density at radius 1 is 1.10 bits per heavy atom. The van der Waals surface area contributed by atoms with Crippen LogP contribution in [0.5, 0.6) is 17.2 Å². The van der Waals surface area contributed by atoms with Crippen LogP contribution in [0.3, 0.4) is 0 Å². The number of methoxy groups -OCH3 is 3. The molecule has 1 aliphatic rings. The quantitative estimate of drug-likeness (QED) is 0.902. The summed E-state index contributed by atoms with van der Waals surface area (Å²) in [5, 5.41) is 8.29. The highest BCUT2D eigenvalue weighted by molar-refractivity contribution is 6.08. The first-order valence-electron chi connectivity index (χ1n) is 6.85. The summed E-state index contributed by atoms with van der Waals surface area (Å²) >= 11 is 0. The minimum Gasteiger partial charge on any atom is -0.493 e. The van der Waals surface area contributed by atoms with Crippen LogP contribution in [0.1, 0.15) is 25.3 Å². The first-order chi connectivity index (χ1) is 10.2. The van der Waals surface area contributed by atoms with Crippen LogP contribution in [-0.2, 0) is 0 Å². The number of rotatable bonds is 5. The van der Waals surface area contributed by atoms with E-state index in [9.17, 15) is 0 Å². The molecule has 6 nitrogen and oxygen atoms in total. The predicted molar refractivity (Wildman–Crippen MR) is 82.7 cm³/mol. The third-order valence-electron chi connectivity index (χ3n) is 3.60. The molecular formula is C15H21N3O3. The fraction of sp³-hybridized carbons (Fsp3) is 0.467. The summed E-state index contributed by atoms with van der Waals surface area (Å²) < 4.78 is 16.2. The van der Waals surface area contributed by atoms with Gasteiger partial charge in [0.05, 0.1) is 27.0 Å². The van der Waals surface area contributed by atoms with Gasteiger partial charge in [-0.1, -0.05) is 6.92 Å². The molecule has 0 spiro atoms. The van der Waals surface area contributed by atoms with Crippen molar-refractivity contribution in [3.63, 3.8) is 0 Å². The zero-order valence-electron chi connectivity index (χ0n) is 12.8. The largest absolute Gasteiger partial charge is 0.493 e. The Kier molecular flexibility index (Phi) is 4.67. The number of nitrogens with two attached hydrogens (primary N) is 1. The summed E-state index contributed by atoms with van der Waals surface area (Å²) in [5.74, 6) is 2.55. The zero-order chi connectivity index (χ0) is 15.4. The minimum atomic E-state index is 0.217. The lowest BCUT2D eigenvalue weighted by Gasteiger charge is -2.23. The third kappa shape index (κ3) is 2.79. The van der Waals surface area contributed by atoms with Crippen molar-refractivity contribution in [3.8, 4) is 17.2 Å². The summed E-state index contributed by atoms with van der Waals surface area (Å²) in [7, 11) is 4.78. The van der Waals surface area contributed by atoms with Crippen LogP contribution in [0.2, 0.25) is 0 Å². The zero-order valence-corrected chi connectivity index (χ0v) is 12.8. The fourth-order valence-electron chi connectivity index (χ4n) is 2.50. The molecule has 0 saturated heterocycles. The van der Waals surface area contributed by atoms with Gasteiger partial charge in [0.25, 0.3) is 0 Å². The Morgan fingerprint density at radius 3 is 2.38 bits per heavy atom. The maximum absolute atomic E-state index is 5.78. The number of amidine groups is 1. The molecule has 6 heteroatoms. The van der Waals surface area contributed by atoms with Crippen molar-refractivity contribution in [1.82, 2.24) is 0 Å². The van der Waals surface area contributed by atoms with Gasteiger partial charge in [-0.15, -0.1) is 5.10 Å². The SMILES string of the molecule is CCC1CC(N)=NN=C1c1ccc(OC)c(OC)c1OC. The van der Waals surface area contributed by atoms with E-state index in [1.165, 1.54) is 0 Å². The number of hydrogen-bond donors (Lipinski definition) is 1. The molecule has 21 heavy (non-hydrogen) atoms. The second-order valence-electron chi connectivity index (χ2n) is 4.77. The smallest absolute Gasteiger partial charge is 0.203 e. The van der Waals surface area contributed by atoms with Crippen molar-refractivity contribution in [3.05, 3.63) is 17.7 Å². The van der Waals surface area contributed by atoms with Gasteiger partial charge in [-0.25, -0.2) is 0 Å². The fourth-order valence-corrected chi connectivity index (χ4v) is 2.50. The molecule has 0 amide bonds. The lowest BCUT2D eigenvalue weighted by Crippen LogP contribution is -2.27. The molecular weight excluding hydrogens is 270 g/mol. The Bertz CT molecular complexity index is 582. The Labute approximate surface area is 124 Å². The molecule has 1 atom stereocenters. The van der Waals surface area contributed by atoms with E-state index >= 15 is 0 Å². The molecule has 2 rings (SSSR count). The molecule has 114 valence electrons. The molecule has 1 heterocycles.